The largest absolute Gasteiger partial charge is 0.475 e. The molecule has 0 unspecified atom stereocenters. The maximum Gasteiger partial charge on any atom is 0.238 e. The van der Waals surface area contributed by atoms with E-state index in [1.54, 1.807) is 24.2 Å². The molecule has 0 saturated heterocycles. The van der Waals surface area contributed by atoms with Gasteiger partial charge in [0.25, 0.3) is 0 Å². The van der Waals surface area contributed by atoms with Crippen molar-refractivity contribution in [3.63, 3.8) is 0 Å². The highest BCUT2D eigenvalue weighted by Gasteiger charge is 2.59. The molecule has 2 N–H and O–H groups in total. The Balaban J connectivity index is 1.58. The number of amides is 1. The number of nitrogens with one attached hydrogen (secondary N) is 2. The average Bonchev–Trinajstić information content (AvgIpc) is 3.08. The van der Waals surface area contributed by atoms with Gasteiger partial charge in [0.1, 0.15) is 18.1 Å². The molecule has 2 aromatic heterocycles. The van der Waals surface area contributed by atoms with E-state index in [-0.39, 0.29) is 41.8 Å². The van der Waals surface area contributed by atoms with Crippen LogP contribution < -0.4 is 19.7 Å². The lowest BCUT2D eigenvalue weighted by Gasteiger charge is -2.43. The van der Waals surface area contributed by atoms with Crippen LogP contribution in [0.3, 0.4) is 0 Å². The molecule has 3 aromatic rings. The molecule has 2 aliphatic rings. The minimum Gasteiger partial charge on any atom is -0.475 e. The zero-order valence-corrected chi connectivity index (χ0v) is 24.1. The van der Waals surface area contributed by atoms with E-state index in [2.05, 4.69) is 20.0 Å². The van der Waals surface area contributed by atoms with Gasteiger partial charge < -0.3 is 19.7 Å². The number of rotatable bonds is 10. The number of anilines is 2. The number of pyridine rings is 2. The molecule has 40 heavy (non-hydrogen) atoms. The lowest BCUT2D eigenvalue weighted by Crippen LogP contribution is -2.52. The van der Waals surface area contributed by atoms with Crippen molar-refractivity contribution in [1.29, 1.82) is 0 Å². The topological polar surface area (TPSA) is 123 Å². The molecular formula is C28H34FN5O5S. The highest BCUT2D eigenvalue weighted by atomic mass is 32.2. The minimum atomic E-state index is -3.67. The number of aromatic nitrogens is 2. The Hall–Kier alpha value is -3.35. The molecule has 3 heterocycles. The second kappa shape index (κ2) is 10.6. The first-order valence-electron chi connectivity index (χ1n) is 13.3. The third-order valence-electron chi connectivity index (χ3n) is 7.40. The van der Waals surface area contributed by atoms with Gasteiger partial charge in [-0.3, -0.25) is 14.5 Å². The standard InChI is InChI=1S/C28H34FN5O5S/c1-6-38-18-12-28(13-18)25-20-10-19(21(29)11-22(20)31-15-24(25)34(4)27(28)35)17-9-23(33-40(5,36)37)26(32-14-17)39-8-7-30-16(2)3/h9-11,14-16,18,30,33H,6-8,12-13H2,1-5H3/t18-,28-. The second-order valence-corrected chi connectivity index (χ2v) is 12.5. The van der Waals surface area contributed by atoms with Gasteiger partial charge >= 0.3 is 0 Å². The summed E-state index contributed by atoms with van der Waals surface area (Å²) in [5.74, 6) is -0.478. The summed E-state index contributed by atoms with van der Waals surface area (Å²) in [6.07, 6.45) is 5.16. The van der Waals surface area contributed by atoms with Crippen molar-refractivity contribution in [2.24, 2.45) is 0 Å². The van der Waals surface area contributed by atoms with Crippen molar-refractivity contribution in [3.05, 3.63) is 42.0 Å². The van der Waals surface area contributed by atoms with Gasteiger partial charge in [-0.25, -0.2) is 17.8 Å². The number of hydrogen-bond acceptors (Lipinski definition) is 8. The quantitative estimate of drug-likeness (QED) is 0.354. The molecule has 1 aliphatic carbocycles. The van der Waals surface area contributed by atoms with Crippen LogP contribution in [0.4, 0.5) is 15.8 Å². The predicted octanol–water partition coefficient (Wildman–Crippen LogP) is 3.60. The number of hydrogen-bond donors (Lipinski definition) is 2. The number of sulfonamides is 1. The zero-order chi connectivity index (χ0) is 28.8. The van der Waals surface area contributed by atoms with Crippen molar-refractivity contribution in [2.75, 3.05) is 42.7 Å². The Bertz CT molecular complexity index is 1570. The Morgan fingerprint density at radius 2 is 1.95 bits per heavy atom. The van der Waals surface area contributed by atoms with Crippen LogP contribution in [-0.2, 0) is 25.0 Å². The van der Waals surface area contributed by atoms with E-state index in [1.807, 2.05) is 20.8 Å². The third kappa shape index (κ3) is 5.11. The number of carbonyl (C=O) groups is 1. The smallest absolute Gasteiger partial charge is 0.238 e. The highest BCUT2D eigenvalue weighted by Crippen LogP contribution is 2.56. The van der Waals surface area contributed by atoms with Crippen LogP contribution in [0.1, 0.15) is 39.2 Å². The molecule has 0 bridgehead atoms. The molecule has 1 aliphatic heterocycles. The monoisotopic (exact) mass is 571 g/mol. The normalized spacial score (nSPS) is 20.3. The molecule has 1 aromatic carbocycles. The highest BCUT2D eigenvalue weighted by molar-refractivity contribution is 7.92. The van der Waals surface area contributed by atoms with Gasteiger partial charge in [-0.2, -0.15) is 0 Å². The van der Waals surface area contributed by atoms with Gasteiger partial charge in [0.2, 0.25) is 21.8 Å². The number of ether oxygens (including phenoxy) is 2. The maximum absolute atomic E-state index is 15.5. The summed E-state index contributed by atoms with van der Waals surface area (Å²) in [6.45, 7) is 7.30. The third-order valence-corrected chi connectivity index (χ3v) is 7.99. The van der Waals surface area contributed by atoms with Crippen molar-refractivity contribution in [1.82, 2.24) is 15.3 Å². The SMILES string of the molecule is CCO[C@H]1C[C@@]2(C1)C(=O)N(C)c1cnc3cc(F)c(-c4cnc(OCCNC(C)C)c(NS(C)(=O)=O)c4)cc3c12. The van der Waals surface area contributed by atoms with E-state index >= 15 is 4.39 Å². The second-order valence-electron chi connectivity index (χ2n) is 10.7. The van der Waals surface area contributed by atoms with Gasteiger partial charge in [0, 0.05) is 60.6 Å². The van der Waals surface area contributed by atoms with E-state index in [0.717, 1.165) is 11.8 Å². The molecule has 1 spiro atoms. The average molecular weight is 572 g/mol. The fraction of sp³-hybridized carbons (Fsp3) is 0.464. The van der Waals surface area contributed by atoms with Crippen molar-refractivity contribution in [3.8, 4) is 17.0 Å². The number of carbonyl (C=O) groups excluding carboxylic acids is 1. The first-order chi connectivity index (χ1) is 18.9. The number of fused-ring (bicyclic) bond motifs is 4. The summed E-state index contributed by atoms with van der Waals surface area (Å²) in [5, 5.41) is 3.88. The van der Waals surface area contributed by atoms with Crippen LogP contribution in [-0.4, -0.2) is 69.5 Å². The van der Waals surface area contributed by atoms with Gasteiger partial charge in [-0.05, 0) is 31.9 Å². The molecule has 1 amide bonds. The van der Waals surface area contributed by atoms with Crippen molar-refractivity contribution in [2.45, 2.75) is 51.2 Å². The molecule has 1 fully saturated rings. The molecule has 5 rings (SSSR count). The number of likely N-dealkylation sites (N-methyl/N-ethyl adjacent to an activating group) is 1. The fourth-order valence-electron chi connectivity index (χ4n) is 5.65. The molecule has 214 valence electrons. The fourth-order valence-corrected chi connectivity index (χ4v) is 6.20. The number of nitrogens with zero attached hydrogens (tertiary/aromatic N) is 3. The van der Waals surface area contributed by atoms with Crippen LogP contribution in [0, 0.1) is 5.82 Å². The Labute approximate surface area is 233 Å². The van der Waals surface area contributed by atoms with Crippen molar-refractivity contribution >= 4 is 38.2 Å². The lowest BCUT2D eigenvalue weighted by molar-refractivity contribution is -0.133. The summed E-state index contributed by atoms with van der Waals surface area (Å²) in [5.41, 5.74) is 1.86. The molecule has 0 radical (unpaired) electrons. The first kappa shape index (κ1) is 28.2. The van der Waals surface area contributed by atoms with E-state index in [9.17, 15) is 13.2 Å². The summed E-state index contributed by atoms with van der Waals surface area (Å²) in [6, 6.07) is 4.78. The van der Waals surface area contributed by atoms with E-state index in [0.29, 0.717) is 48.1 Å². The Morgan fingerprint density at radius 1 is 1.20 bits per heavy atom. The minimum absolute atomic E-state index is 0.0199. The summed E-state index contributed by atoms with van der Waals surface area (Å²) in [7, 11) is -1.95. The van der Waals surface area contributed by atoms with Crippen LogP contribution in [0.5, 0.6) is 5.88 Å². The van der Waals surface area contributed by atoms with Gasteiger partial charge in [0.15, 0.2) is 0 Å². The lowest BCUT2D eigenvalue weighted by atomic mass is 9.62. The molecule has 0 atom stereocenters. The van der Waals surface area contributed by atoms with E-state index in [1.165, 1.54) is 18.3 Å². The number of benzene rings is 1. The van der Waals surface area contributed by atoms with Gasteiger partial charge in [0.05, 0.1) is 35.2 Å². The Kier molecular flexibility index (Phi) is 7.45. The first-order valence-corrected chi connectivity index (χ1v) is 15.2. The molecule has 10 nitrogen and oxygen atoms in total. The zero-order valence-electron chi connectivity index (χ0n) is 23.2. The van der Waals surface area contributed by atoms with Crippen LogP contribution in [0.15, 0.2) is 30.6 Å². The molecule has 1 saturated carbocycles. The van der Waals surface area contributed by atoms with E-state index < -0.39 is 21.3 Å². The summed E-state index contributed by atoms with van der Waals surface area (Å²) >= 11 is 0. The molecular weight excluding hydrogens is 537 g/mol. The molecule has 12 heteroatoms. The summed E-state index contributed by atoms with van der Waals surface area (Å²) in [4.78, 5) is 23.8. The summed E-state index contributed by atoms with van der Waals surface area (Å²) < 4.78 is 53.6. The van der Waals surface area contributed by atoms with Gasteiger partial charge in [-0.1, -0.05) is 13.8 Å². The predicted molar refractivity (Wildman–Crippen MR) is 152 cm³/mol. The number of halogens is 1. The Morgan fingerprint density at radius 3 is 2.62 bits per heavy atom. The van der Waals surface area contributed by atoms with Crippen LogP contribution >= 0.6 is 0 Å². The van der Waals surface area contributed by atoms with Crippen molar-refractivity contribution < 1.29 is 27.1 Å². The van der Waals surface area contributed by atoms with Gasteiger partial charge in [-0.15, -0.1) is 0 Å². The van der Waals surface area contributed by atoms with E-state index in [4.69, 9.17) is 9.47 Å². The van der Waals surface area contributed by atoms with Crippen LogP contribution in [0.2, 0.25) is 0 Å². The maximum atomic E-state index is 15.5. The van der Waals surface area contributed by atoms with Crippen LogP contribution in [0.25, 0.3) is 22.0 Å².